The highest BCUT2D eigenvalue weighted by Crippen LogP contribution is 2.22. The van der Waals surface area contributed by atoms with E-state index in [4.69, 9.17) is 21.1 Å². The largest absolute Gasteiger partial charge is 0.402 e. The molecule has 0 saturated heterocycles. The van der Waals surface area contributed by atoms with E-state index in [0.29, 0.717) is 11.4 Å². The van der Waals surface area contributed by atoms with Gasteiger partial charge in [0, 0.05) is 7.11 Å². The highest BCUT2D eigenvalue weighted by atomic mass is 35.5. The van der Waals surface area contributed by atoms with Crippen LogP contribution in [0.2, 0.25) is 5.15 Å². The summed E-state index contributed by atoms with van der Waals surface area (Å²) in [6.07, 6.45) is 0. The van der Waals surface area contributed by atoms with Gasteiger partial charge in [0.15, 0.2) is 5.15 Å². The van der Waals surface area contributed by atoms with E-state index in [2.05, 4.69) is 9.97 Å². The van der Waals surface area contributed by atoms with Crippen LogP contribution in [0.4, 0.5) is 0 Å². The first-order valence-corrected chi connectivity index (χ1v) is 6.00. The van der Waals surface area contributed by atoms with E-state index in [-0.39, 0.29) is 17.6 Å². The van der Waals surface area contributed by atoms with Gasteiger partial charge in [0.1, 0.15) is 12.4 Å². The second-order valence-electron chi connectivity index (χ2n) is 3.99. The maximum atomic E-state index is 11.9. The molecule has 0 aliphatic carbocycles. The van der Waals surface area contributed by atoms with Crippen molar-refractivity contribution in [3.63, 3.8) is 0 Å². The molecular formula is C13H13ClN2O3. The summed E-state index contributed by atoms with van der Waals surface area (Å²) in [4.78, 5) is 18.6. The zero-order chi connectivity index (χ0) is 13.8. The van der Waals surface area contributed by atoms with Crippen molar-refractivity contribution in [2.24, 2.45) is 0 Å². The molecule has 0 spiro atoms. The molecular weight excluding hydrogens is 268 g/mol. The van der Waals surface area contributed by atoms with Gasteiger partial charge >= 0.3 is 5.97 Å². The number of rotatable bonds is 4. The first kappa shape index (κ1) is 13.6. The lowest BCUT2D eigenvalue weighted by Crippen LogP contribution is -2.09. The van der Waals surface area contributed by atoms with Crippen LogP contribution in [0.15, 0.2) is 24.3 Å². The van der Waals surface area contributed by atoms with E-state index in [0.717, 1.165) is 5.56 Å². The SMILES string of the molecule is COCc1nc(Cl)c(OC(=O)c2ccc(C)cc2)[nH]1. The quantitative estimate of drug-likeness (QED) is 0.875. The third-order valence-corrected chi connectivity index (χ3v) is 2.70. The lowest BCUT2D eigenvalue weighted by molar-refractivity contribution is 0.0727. The molecule has 0 saturated carbocycles. The summed E-state index contributed by atoms with van der Waals surface area (Å²) < 4.78 is 10.1. The number of halogens is 1. The fraction of sp³-hybridized carbons (Fsp3) is 0.231. The number of nitrogens with one attached hydrogen (secondary N) is 1. The minimum atomic E-state index is -0.491. The van der Waals surface area contributed by atoms with Crippen molar-refractivity contribution in [1.82, 2.24) is 9.97 Å². The van der Waals surface area contributed by atoms with Gasteiger partial charge < -0.3 is 14.5 Å². The molecule has 1 N–H and O–H groups in total. The zero-order valence-electron chi connectivity index (χ0n) is 10.6. The molecule has 19 heavy (non-hydrogen) atoms. The Morgan fingerprint density at radius 1 is 1.37 bits per heavy atom. The summed E-state index contributed by atoms with van der Waals surface area (Å²) in [6.45, 7) is 2.21. The Bertz CT molecular complexity index is 578. The van der Waals surface area contributed by atoms with Gasteiger partial charge in [0.25, 0.3) is 0 Å². The van der Waals surface area contributed by atoms with Crippen molar-refractivity contribution < 1.29 is 14.3 Å². The van der Waals surface area contributed by atoms with E-state index in [9.17, 15) is 4.79 Å². The molecule has 0 bridgehead atoms. The van der Waals surface area contributed by atoms with Gasteiger partial charge in [-0.15, -0.1) is 0 Å². The number of esters is 1. The number of aryl methyl sites for hydroxylation is 1. The number of aromatic amines is 1. The average molecular weight is 281 g/mol. The molecule has 0 radical (unpaired) electrons. The van der Waals surface area contributed by atoms with Crippen molar-refractivity contribution in [2.45, 2.75) is 13.5 Å². The monoisotopic (exact) mass is 280 g/mol. The Morgan fingerprint density at radius 2 is 2.05 bits per heavy atom. The molecule has 1 heterocycles. The molecule has 1 aromatic carbocycles. The van der Waals surface area contributed by atoms with Gasteiger partial charge in [-0.05, 0) is 19.1 Å². The number of carbonyl (C=O) groups is 1. The highest BCUT2D eigenvalue weighted by molar-refractivity contribution is 6.30. The van der Waals surface area contributed by atoms with Crippen LogP contribution >= 0.6 is 11.6 Å². The van der Waals surface area contributed by atoms with Crippen molar-refractivity contribution >= 4 is 17.6 Å². The van der Waals surface area contributed by atoms with Crippen molar-refractivity contribution in [1.29, 1.82) is 0 Å². The molecule has 0 unspecified atom stereocenters. The molecule has 0 amide bonds. The Labute approximate surface area is 115 Å². The van der Waals surface area contributed by atoms with Gasteiger partial charge in [-0.2, -0.15) is 0 Å². The van der Waals surface area contributed by atoms with Gasteiger partial charge in [-0.25, -0.2) is 9.78 Å². The lowest BCUT2D eigenvalue weighted by atomic mass is 10.1. The standard InChI is InChI=1S/C13H13ClN2O3/c1-8-3-5-9(6-4-8)13(17)19-12-11(14)15-10(16-12)7-18-2/h3-6H,7H2,1-2H3,(H,15,16). The molecule has 0 atom stereocenters. The number of carbonyl (C=O) groups excluding carboxylic acids is 1. The third kappa shape index (κ3) is 3.33. The number of nitrogens with zero attached hydrogens (tertiary/aromatic N) is 1. The second-order valence-corrected chi connectivity index (χ2v) is 4.35. The Morgan fingerprint density at radius 3 is 2.68 bits per heavy atom. The second kappa shape index (κ2) is 5.86. The number of ether oxygens (including phenoxy) is 2. The van der Waals surface area contributed by atoms with Gasteiger partial charge in [-0.1, -0.05) is 29.3 Å². The van der Waals surface area contributed by atoms with E-state index >= 15 is 0 Å². The van der Waals surface area contributed by atoms with Crippen LogP contribution in [-0.4, -0.2) is 23.0 Å². The van der Waals surface area contributed by atoms with Crippen LogP contribution in [0.5, 0.6) is 5.88 Å². The van der Waals surface area contributed by atoms with Crippen LogP contribution in [0, 0.1) is 6.92 Å². The van der Waals surface area contributed by atoms with Gasteiger partial charge in [-0.3, -0.25) is 0 Å². The summed E-state index contributed by atoms with van der Waals surface area (Å²) in [6, 6.07) is 7.05. The predicted molar refractivity (Wildman–Crippen MR) is 70.4 cm³/mol. The number of aromatic nitrogens is 2. The fourth-order valence-electron chi connectivity index (χ4n) is 1.49. The number of benzene rings is 1. The third-order valence-electron chi connectivity index (χ3n) is 2.44. The summed E-state index contributed by atoms with van der Waals surface area (Å²) >= 11 is 5.86. The minimum absolute atomic E-state index is 0.104. The van der Waals surface area contributed by atoms with Gasteiger partial charge in [0.2, 0.25) is 5.88 Å². The van der Waals surface area contributed by atoms with E-state index in [1.807, 2.05) is 19.1 Å². The van der Waals surface area contributed by atoms with Crippen molar-refractivity contribution in [2.75, 3.05) is 7.11 Å². The molecule has 0 aliphatic heterocycles. The smallest absolute Gasteiger partial charge is 0.344 e. The first-order valence-electron chi connectivity index (χ1n) is 5.62. The van der Waals surface area contributed by atoms with Gasteiger partial charge in [0.05, 0.1) is 5.56 Å². The molecule has 0 aliphatic rings. The number of H-pyrrole nitrogens is 1. The molecule has 100 valence electrons. The van der Waals surface area contributed by atoms with Crippen LogP contribution < -0.4 is 4.74 Å². The molecule has 6 heteroatoms. The van der Waals surface area contributed by atoms with E-state index in [1.165, 1.54) is 7.11 Å². The maximum absolute atomic E-state index is 11.9. The summed E-state index contributed by atoms with van der Waals surface area (Å²) in [5, 5.41) is 0.104. The number of imidazole rings is 1. The molecule has 2 aromatic rings. The molecule has 0 fully saturated rings. The average Bonchev–Trinajstić information content (AvgIpc) is 2.71. The zero-order valence-corrected chi connectivity index (χ0v) is 11.3. The molecule has 5 nitrogen and oxygen atoms in total. The molecule has 1 aromatic heterocycles. The van der Waals surface area contributed by atoms with Crippen LogP contribution in [0.1, 0.15) is 21.7 Å². The number of hydrogen-bond acceptors (Lipinski definition) is 4. The van der Waals surface area contributed by atoms with Crippen LogP contribution in [0.25, 0.3) is 0 Å². The summed E-state index contributed by atoms with van der Waals surface area (Å²) in [5.74, 6) is 0.132. The minimum Gasteiger partial charge on any atom is -0.402 e. The Kier molecular flexibility index (Phi) is 4.19. The molecule has 2 rings (SSSR count). The lowest BCUT2D eigenvalue weighted by Gasteiger charge is -2.02. The number of methoxy groups -OCH3 is 1. The van der Waals surface area contributed by atoms with Crippen LogP contribution in [0.3, 0.4) is 0 Å². The first-order chi connectivity index (χ1) is 9.10. The summed E-state index contributed by atoms with van der Waals surface area (Å²) in [7, 11) is 1.54. The van der Waals surface area contributed by atoms with Crippen molar-refractivity contribution in [3.8, 4) is 5.88 Å². The van der Waals surface area contributed by atoms with Crippen LogP contribution in [-0.2, 0) is 11.3 Å². The van der Waals surface area contributed by atoms with E-state index < -0.39 is 5.97 Å². The normalized spacial score (nSPS) is 10.5. The maximum Gasteiger partial charge on any atom is 0.344 e. The predicted octanol–water partition coefficient (Wildman–Crippen LogP) is 2.74. The van der Waals surface area contributed by atoms with E-state index in [1.54, 1.807) is 12.1 Å². The Hall–Kier alpha value is -1.85. The summed E-state index contributed by atoms with van der Waals surface area (Å²) in [5.41, 5.74) is 1.52. The highest BCUT2D eigenvalue weighted by Gasteiger charge is 2.15. The van der Waals surface area contributed by atoms with Crippen molar-refractivity contribution in [3.05, 3.63) is 46.4 Å². The number of hydrogen-bond donors (Lipinski definition) is 1. The fourth-order valence-corrected chi connectivity index (χ4v) is 1.68. The Balaban J connectivity index is 2.12. The topological polar surface area (TPSA) is 64.2 Å².